The van der Waals surface area contributed by atoms with Crippen LogP contribution in [0.4, 0.5) is 34.1 Å². The number of fused-ring (bicyclic) bond motifs is 6. The Kier molecular flexibility index (Phi) is 36.7. The number of aromatic nitrogens is 6. The maximum absolute atomic E-state index is 6.13. The number of piperidine rings is 1. The average molecular weight is 2000 g/mol. The molecule has 19 aromatic rings. The Labute approximate surface area is 857 Å². The molecule has 2 aliphatic rings. The van der Waals surface area contributed by atoms with Gasteiger partial charge in [0.25, 0.3) is 0 Å². The number of aryl methyl sites for hydroxylation is 6. The second kappa shape index (κ2) is 51.4. The van der Waals surface area contributed by atoms with E-state index in [9.17, 15) is 0 Å². The number of aliphatic imine (C=N–C) groups is 6. The molecule has 0 unspecified atom stereocenters. The minimum Gasteiger partial charge on any atom is -0.383 e. The van der Waals surface area contributed by atoms with Gasteiger partial charge in [0.15, 0.2) is 0 Å². The number of hydrogen-bond acceptors (Lipinski definition) is 16. The van der Waals surface area contributed by atoms with Gasteiger partial charge in [-0.2, -0.15) is 0 Å². The Hall–Kier alpha value is -13.4. The van der Waals surface area contributed by atoms with Gasteiger partial charge in [0, 0.05) is 83.0 Å². The van der Waals surface area contributed by atoms with E-state index in [1.54, 1.807) is 68.0 Å². The zero-order valence-electron chi connectivity index (χ0n) is 81.8. The zero-order valence-corrected chi connectivity index (χ0v) is 86.7. The molecule has 2 aliphatic heterocycles. The Morgan fingerprint density at radius 2 is 0.585 bits per heavy atom. The first-order valence-electron chi connectivity index (χ1n) is 49.0. The number of likely N-dealkylation sites (tertiary alicyclic amines) is 2. The van der Waals surface area contributed by atoms with Gasteiger partial charge in [-0.25, -0.2) is 30.0 Å². The maximum Gasteiger partial charge on any atom is 0.141 e. The number of nitrogens with two attached hydrogens (primary N) is 6. The molecule has 732 valence electrons. The lowest BCUT2D eigenvalue weighted by Crippen LogP contribution is -2.32. The minimum absolute atomic E-state index is 0.566. The molecule has 0 aliphatic carbocycles. The Balaban J connectivity index is 0.000000123. The number of nitrogens with one attached hydrogen (secondary N) is 1. The molecule has 142 heavy (non-hydrogen) atoms. The third kappa shape index (κ3) is 28.8. The van der Waals surface area contributed by atoms with Crippen LogP contribution in [0.5, 0.6) is 0 Å². The highest BCUT2D eigenvalue weighted by molar-refractivity contribution is 7.13. The number of hydrogen-bond donors (Lipinski definition) is 7. The maximum atomic E-state index is 6.13. The first-order valence-corrected chi connectivity index (χ1v) is 54.3. The number of amidine groups is 6. The lowest BCUT2D eigenvalue weighted by molar-refractivity contribution is 0.221. The van der Waals surface area contributed by atoms with Crippen LogP contribution in [0.2, 0.25) is 0 Å². The monoisotopic (exact) mass is 2000 g/mol. The molecular formula is C114H130N22S6. The summed E-state index contributed by atoms with van der Waals surface area (Å²) in [5.41, 5.74) is 50.7. The minimum atomic E-state index is 0.566. The molecule has 0 radical (unpaired) electrons. The Morgan fingerprint density at radius 1 is 0.303 bits per heavy atom. The van der Waals surface area contributed by atoms with Crippen molar-refractivity contribution in [1.82, 2.24) is 47.4 Å². The normalized spacial score (nSPS) is 13.7. The summed E-state index contributed by atoms with van der Waals surface area (Å²) < 4.78 is 13.8. The van der Waals surface area contributed by atoms with Crippen molar-refractivity contribution in [3.63, 3.8) is 0 Å². The van der Waals surface area contributed by atoms with Crippen LogP contribution < -0.4 is 39.7 Å². The molecule has 0 amide bonds. The quantitative estimate of drug-likeness (QED) is 0.0116. The van der Waals surface area contributed by atoms with Gasteiger partial charge < -0.3 is 81.8 Å². The zero-order chi connectivity index (χ0) is 98.3. The van der Waals surface area contributed by atoms with Crippen molar-refractivity contribution in [2.75, 3.05) is 73.5 Å². The fourth-order valence-electron chi connectivity index (χ4n) is 17.5. The van der Waals surface area contributed by atoms with Crippen LogP contribution in [0.3, 0.4) is 0 Å². The molecule has 0 bridgehead atoms. The van der Waals surface area contributed by atoms with Gasteiger partial charge in [0.05, 0.1) is 96.5 Å². The van der Waals surface area contributed by atoms with Crippen molar-refractivity contribution in [2.24, 2.45) is 70.3 Å². The van der Waals surface area contributed by atoms with Gasteiger partial charge in [-0.15, -0.1) is 68.0 Å². The van der Waals surface area contributed by atoms with E-state index < -0.39 is 0 Å². The molecule has 0 spiro atoms. The van der Waals surface area contributed by atoms with Gasteiger partial charge in [-0.3, -0.25) is 0 Å². The third-order valence-corrected chi connectivity index (χ3v) is 30.5. The molecule has 21 rings (SSSR count). The summed E-state index contributed by atoms with van der Waals surface area (Å²) in [4.78, 5) is 40.9. The summed E-state index contributed by atoms with van der Waals surface area (Å²) in [6.45, 7) is 20.0. The van der Waals surface area contributed by atoms with E-state index in [0.717, 1.165) is 142 Å². The molecule has 2 fully saturated rings. The predicted octanol–water partition coefficient (Wildman–Crippen LogP) is 25.3. The van der Waals surface area contributed by atoms with Crippen molar-refractivity contribution < 1.29 is 0 Å². The van der Waals surface area contributed by atoms with E-state index in [4.69, 9.17) is 34.4 Å². The average Bonchev–Trinajstić information content (AvgIpc) is 1.67. The van der Waals surface area contributed by atoms with Crippen LogP contribution >= 0.6 is 68.0 Å². The van der Waals surface area contributed by atoms with Crippen LogP contribution in [-0.4, -0.2) is 151 Å². The Bertz CT molecular complexity index is 7310. The number of rotatable bonds is 33. The lowest BCUT2D eigenvalue weighted by Gasteiger charge is -2.26. The summed E-state index contributed by atoms with van der Waals surface area (Å²) >= 11 is 9.66. The summed E-state index contributed by atoms with van der Waals surface area (Å²) in [7, 11) is 6.19. The standard InChI is InChI=1S/C21H19N3S.2C20H24N4S.C18H22N4S.C18H21N3S.C17H20N4S/c22-21(20-7-4-14-25-20)23-18-9-8-17-11-13-24(19(17)15-18)12-10-16-5-2-1-3-6-16;21-20(19-5-3-14-25-19)22-17-7-6-16-8-13-24(18(16)15-17)12-4-11-23-9-1-2-10-23;21-20(19-5-4-14-25-19)22-17-7-6-16-8-11-24(18(16)15-17)13-12-23-9-2-1-3-10-23;1-21(2)9-4-10-22-11-8-14-6-7-15(13-16(14)22)20-18(19)17-5-3-12-23-17;1-13(2)7-9-21-10-8-14-5-6-15(12-16(14)21)20-18(19)17-4-3-11-22-17;1-19-8-3-9-21-10-7-13-5-6-14(12-15(13)21)20-17(18)16-4-2-11-22-16/h1-9,11,13-15H,10,12H2,(H2,22,23);3,5-8,13-15H,1-2,4,9-12H2,(H2,21,22);4-8,11,14-15H,1-3,9-10,12-13H2,(H2,21,22);3,5-8,11-13H,4,9-10H2,1-2H3,(H2,19,20);3-6,8,10-13H,7,9H2,1-2H3,(H2,19,20);2,4-7,10-12,19H,3,8-9H2,1H3,(H2,18,20). The van der Waals surface area contributed by atoms with Crippen molar-refractivity contribution in [2.45, 2.75) is 117 Å². The highest BCUT2D eigenvalue weighted by Crippen LogP contribution is 2.33. The van der Waals surface area contributed by atoms with Crippen LogP contribution in [0.15, 0.2) is 348 Å². The summed E-state index contributed by atoms with van der Waals surface area (Å²) in [5.74, 6) is 4.16. The summed E-state index contributed by atoms with van der Waals surface area (Å²) in [6, 6.07) is 85.0. The Morgan fingerprint density at radius 3 is 0.880 bits per heavy atom. The molecule has 12 aromatic heterocycles. The van der Waals surface area contributed by atoms with Gasteiger partial charge in [0.2, 0.25) is 0 Å². The van der Waals surface area contributed by atoms with Crippen LogP contribution in [-0.2, 0) is 45.7 Å². The van der Waals surface area contributed by atoms with E-state index in [-0.39, 0.29) is 0 Å². The first-order chi connectivity index (χ1) is 69.4. The molecule has 28 heteroatoms. The van der Waals surface area contributed by atoms with Crippen molar-refractivity contribution >= 4 is 203 Å². The second-order valence-corrected chi connectivity index (χ2v) is 41.9. The van der Waals surface area contributed by atoms with Crippen molar-refractivity contribution in [3.05, 3.63) is 353 Å². The molecule has 0 saturated carbocycles. The second-order valence-electron chi connectivity index (χ2n) is 36.2. The van der Waals surface area contributed by atoms with E-state index in [1.807, 2.05) is 149 Å². The summed E-state index contributed by atoms with van der Waals surface area (Å²) in [5, 5.41) is 22.7. The highest BCUT2D eigenvalue weighted by atomic mass is 32.1. The van der Waals surface area contributed by atoms with Crippen molar-refractivity contribution in [3.8, 4) is 0 Å². The third-order valence-electron chi connectivity index (χ3n) is 25.1. The predicted molar refractivity (Wildman–Crippen MR) is 612 cm³/mol. The molecule has 14 heterocycles. The van der Waals surface area contributed by atoms with Gasteiger partial charge in [-0.1, -0.05) is 123 Å². The molecule has 13 N–H and O–H groups in total. The van der Waals surface area contributed by atoms with Crippen LogP contribution in [0.1, 0.15) is 106 Å². The largest absolute Gasteiger partial charge is 0.383 e. The van der Waals surface area contributed by atoms with E-state index in [1.165, 1.54) is 149 Å². The number of nitrogens with zero attached hydrogens (tertiary/aromatic N) is 15. The molecule has 2 saturated heterocycles. The number of thiophene rings is 6. The molecular weight excluding hydrogens is 1870 g/mol. The molecule has 0 atom stereocenters. The fourth-order valence-corrected chi connectivity index (χ4v) is 21.3. The number of benzene rings is 7. The topological polar surface area (TPSA) is 282 Å². The fraction of sp³-hybridized carbons (Fsp3) is 0.263. The van der Waals surface area contributed by atoms with Crippen molar-refractivity contribution in [1.29, 1.82) is 0 Å². The van der Waals surface area contributed by atoms with Crippen LogP contribution in [0, 0.1) is 5.92 Å². The van der Waals surface area contributed by atoms with E-state index in [0.29, 0.717) is 40.9 Å². The molecule has 7 aromatic carbocycles. The first kappa shape index (κ1) is 102. The van der Waals surface area contributed by atoms with E-state index in [2.05, 4.69) is 282 Å². The van der Waals surface area contributed by atoms with Gasteiger partial charge >= 0.3 is 0 Å². The molecule has 22 nitrogen and oxygen atoms in total. The SMILES string of the molecule is CC(C)CCn1ccc2ccc(N=C(N)c3cccs3)cc21.CN(C)CCCn1ccc2ccc(N=C(N)c3cccs3)cc21.CNCCCn1ccc2ccc(N=C(N)c3cccs3)cc21.NC(=Nc1ccc2ccn(CCCN3CCCC3)c2c1)c1cccs1.NC(=Nc1ccc2ccn(CCN3CCCCC3)c2c1)c1cccs1.NC(=Nc1ccc2ccn(CCc3ccccc3)c2c1)c1cccs1. The smallest absolute Gasteiger partial charge is 0.141 e. The van der Waals surface area contributed by atoms with Gasteiger partial charge in [0.1, 0.15) is 35.0 Å². The van der Waals surface area contributed by atoms with E-state index >= 15 is 0 Å². The highest BCUT2D eigenvalue weighted by Gasteiger charge is 2.17. The summed E-state index contributed by atoms with van der Waals surface area (Å²) in [6.07, 6.45) is 25.3. The van der Waals surface area contributed by atoms with Gasteiger partial charge in [-0.05, 0) is 346 Å². The lowest BCUT2D eigenvalue weighted by atomic mass is 10.1. The van der Waals surface area contributed by atoms with Crippen LogP contribution in [0.25, 0.3) is 65.4 Å².